The number of carbonyl (C=O) groups is 2. The van der Waals surface area contributed by atoms with Crippen molar-refractivity contribution in [3.05, 3.63) is 87.2 Å². The van der Waals surface area contributed by atoms with Gasteiger partial charge in [0.15, 0.2) is 0 Å². The molecule has 3 aromatic rings. The maximum atomic E-state index is 12.6. The molecule has 0 unspecified atom stereocenters. The molecule has 2 aromatic carbocycles. The first-order chi connectivity index (χ1) is 14.5. The molecule has 0 saturated heterocycles. The molecule has 3 rings (SSSR count). The number of hydrogen-bond donors (Lipinski definition) is 2. The summed E-state index contributed by atoms with van der Waals surface area (Å²) in [5.41, 5.74) is 2.94. The van der Waals surface area contributed by atoms with Crippen molar-refractivity contribution in [2.24, 2.45) is 0 Å². The van der Waals surface area contributed by atoms with E-state index < -0.39 is 0 Å². The Morgan fingerprint density at radius 3 is 2.33 bits per heavy atom. The molecule has 0 bridgehead atoms. The number of rotatable bonds is 8. The van der Waals surface area contributed by atoms with Crippen molar-refractivity contribution in [2.75, 3.05) is 13.1 Å². The van der Waals surface area contributed by atoms with E-state index in [1.807, 2.05) is 41.9 Å². The molecule has 0 aliphatic carbocycles. The van der Waals surface area contributed by atoms with Crippen LogP contribution in [0.25, 0.3) is 0 Å². The minimum atomic E-state index is -0.284. The van der Waals surface area contributed by atoms with Crippen LogP contribution in [0.4, 0.5) is 0 Å². The Kier molecular flexibility index (Phi) is 7.49. The molecule has 1 aromatic heterocycles. The van der Waals surface area contributed by atoms with E-state index in [0.717, 1.165) is 11.3 Å². The highest BCUT2D eigenvalue weighted by atomic mass is 35.5. The topological polar surface area (TPSA) is 76.0 Å². The number of aromatic nitrogens is 2. The Labute approximate surface area is 185 Å². The Balaban J connectivity index is 1.53. The van der Waals surface area contributed by atoms with Crippen LogP contribution in [-0.4, -0.2) is 34.7 Å². The van der Waals surface area contributed by atoms with E-state index in [4.69, 9.17) is 23.2 Å². The Morgan fingerprint density at radius 2 is 1.67 bits per heavy atom. The molecule has 6 nitrogen and oxygen atoms in total. The van der Waals surface area contributed by atoms with Crippen LogP contribution >= 0.6 is 23.2 Å². The molecule has 0 radical (unpaired) electrons. The fourth-order valence-electron chi connectivity index (χ4n) is 3.05. The molecular weight excluding hydrogens is 423 g/mol. The van der Waals surface area contributed by atoms with Crippen molar-refractivity contribution in [3.8, 4) is 0 Å². The third-order valence-electron chi connectivity index (χ3n) is 4.58. The molecule has 1 heterocycles. The summed E-state index contributed by atoms with van der Waals surface area (Å²) < 4.78 is 1.84. The summed E-state index contributed by atoms with van der Waals surface area (Å²) in [6.45, 7) is 3.17. The number of benzene rings is 2. The summed E-state index contributed by atoms with van der Waals surface area (Å²) in [5, 5.41) is 10.7. The minimum Gasteiger partial charge on any atom is -0.350 e. The van der Waals surface area contributed by atoms with E-state index in [1.54, 1.807) is 18.3 Å². The summed E-state index contributed by atoms with van der Waals surface area (Å²) in [5.74, 6) is -0.498. The molecule has 2 amide bonds. The van der Waals surface area contributed by atoms with Gasteiger partial charge in [0.05, 0.1) is 34.0 Å². The van der Waals surface area contributed by atoms with Crippen molar-refractivity contribution in [3.63, 3.8) is 0 Å². The van der Waals surface area contributed by atoms with Crippen LogP contribution in [0.2, 0.25) is 10.0 Å². The highest BCUT2D eigenvalue weighted by Crippen LogP contribution is 2.22. The summed E-state index contributed by atoms with van der Waals surface area (Å²) >= 11 is 11.8. The van der Waals surface area contributed by atoms with E-state index in [0.29, 0.717) is 40.7 Å². The van der Waals surface area contributed by atoms with Gasteiger partial charge in [-0.2, -0.15) is 5.10 Å². The second-order valence-electron chi connectivity index (χ2n) is 6.64. The summed E-state index contributed by atoms with van der Waals surface area (Å²) in [6.07, 6.45) is 2.27. The van der Waals surface area contributed by atoms with E-state index >= 15 is 0 Å². The van der Waals surface area contributed by atoms with Gasteiger partial charge in [0.1, 0.15) is 0 Å². The van der Waals surface area contributed by atoms with Crippen LogP contribution in [0.3, 0.4) is 0 Å². The average molecular weight is 445 g/mol. The van der Waals surface area contributed by atoms with Crippen LogP contribution in [0, 0.1) is 0 Å². The van der Waals surface area contributed by atoms with E-state index in [9.17, 15) is 9.59 Å². The van der Waals surface area contributed by atoms with Crippen LogP contribution in [0.5, 0.6) is 0 Å². The lowest BCUT2D eigenvalue weighted by Crippen LogP contribution is -2.35. The minimum absolute atomic E-state index is 0.213. The smallest absolute Gasteiger partial charge is 0.254 e. The first-order valence-electron chi connectivity index (χ1n) is 9.59. The van der Waals surface area contributed by atoms with Crippen molar-refractivity contribution in [2.45, 2.75) is 19.9 Å². The largest absolute Gasteiger partial charge is 0.350 e. The van der Waals surface area contributed by atoms with Crippen molar-refractivity contribution < 1.29 is 9.59 Å². The molecule has 0 atom stereocenters. The molecular formula is C22H22Cl2N4O2. The van der Waals surface area contributed by atoms with Gasteiger partial charge in [-0.15, -0.1) is 0 Å². The van der Waals surface area contributed by atoms with E-state index in [-0.39, 0.29) is 18.4 Å². The molecule has 0 spiro atoms. The lowest BCUT2D eigenvalue weighted by atomic mass is 10.1. The van der Waals surface area contributed by atoms with Gasteiger partial charge in [0.25, 0.3) is 11.8 Å². The quantitative estimate of drug-likeness (QED) is 0.516. The molecule has 2 N–H and O–H groups in total. The lowest BCUT2D eigenvalue weighted by molar-refractivity contribution is 0.0927. The first kappa shape index (κ1) is 21.9. The summed E-state index contributed by atoms with van der Waals surface area (Å²) in [4.78, 5) is 24.7. The van der Waals surface area contributed by atoms with Gasteiger partial charge >= 0.3 is 0 Å². The summed E-state index contributed by atoms with van der Waals surface area (Å²) in [7, 11) is 0. The third-order valence-corrected chi connectivity index (χ3v) is 5.32. The number of halogens is 2. The van der Waals surface area contributed by atoms with Gasteiger partial charge < -0.3 is 10.6 Å². The zero-order valence-electron chi connectivity index (χ0n) is 16.5. The predicted octanol–water partition coefficient (Wildman–Crippen LogP) is 3.96. The Bertz CT molecular complexity index is 1030. The zero-order valence-corrected chi connectivity index (χ0v) is 18.0. The van der Waals surface area contributed by atoms with Crippen molar-refractivity contribution in [1.29, 1.82) is 0 Å². The van der Waals surface area contributed by atoms with Crippen LogP contribution in [0.15, 0.2) is 54.7 Å². The van der Waals surface area contributed by atoms with Crippen LogP contribution in [0.1, 0.15) is 38.9 Å². The van der Waals surface area contributed by atoms with Gasteiger partial charge in [-0.3, -0.25) is 14.3 Å². The highest BCUT2D eigenvalue weighted by molar-refractivity contribution is 6.42. The molecule has 30 heavy (non-hydrogen) atoms. The Hall–Kier alpha value is -2.83. The van der Waals surface area contributed by atoms with Gasteiger partial charge in [-0.05, 0) is 30.2 Å². The van der Waals surface area contributed by atoms with Crippen molar-refractivity contribution in [1.82, 2.24) is 20.4 Å². The highest BCUT2D eigenvalue weighted by Gasteiger charge is 2.16. The van der Waals surface area contributed by atoms with Crippen LogP contribution in [-0.2, 0) is 13.0 Å². The normalized spacial score (nSPS) is 10.6. The Morgan fingerprint density at radius 1 is 0.967 bits per heavy atom. The second kappa shape index (κ2) is 10.3. The average Bonchev–Trinajstić information content (AvgIpc) is 3.16. The number of amides is 2. The fraction of sp³-hybridized carbons (Fsp3) is 0.227. The zero-order chi connectivity index (χ0) is 21.5. The number of carbonyl (C=O) groups excluding carboxylic acids is 2. The number of nitrogens with zero attached hydrogens (tertiary/aromatic N) is 2. The maximum absolute atomic E-state index is 12.6. The van der Waals surface area contributed by atoms with E-state index in [2.05, 4.69) is 15.7 Å². The molecule has 0 saturated carbocycles. The number of hydrogen-bond acceptors (Lipinski definition) is 3. The SMILES string of the molecule is CCc1c(C(=O)NCCNC(=O)c2ccc(Cl)c(Cl)c2)cnn1Cc1ccccc1. The van der Waals surface area contributed by atoms with Gasteiger partial charge in [-0.1, -0.05) is 60.5 Å². The van der Waals surface area contributed by atoms with E-state index in [1.165, 1.54) is 6.07 Å². The maximum Gasteiger partial charge on any atom is 0.254 e. The number of nitrogens with one attached hydrogen (secondary N) is 2. The van der Waals surface area contributed by atoms with Crippen LogP contribution < -0.4 is 10.6 Å². The monoisotopic (exact) mass is 444 g/mol. The lowest BCUT2D eigenvalue weighted by Gasteiger charge is -2.10. The molecule has 0 fully saturated rings. The molecule has 0 aliphatic heterocycles. The van der Waals surface area contributed by atoms with Crippen molar-refractivity contribution >= 4 is 35.0 Å². The van der Waals surface area contributed by atoms with Gasteiger partial charge in [0, 0.05) is 18.7 Å². The second-order valence-corrected chi connectivity index (χ2v) is 7.46. The molecule has 8 heteroatoms. The standard InChI is InChI=1S/C22H22Cl2N4O2/c1-2-20-17(13-27-28(20)14-15-6-4-3-5-7-15)22(30)26-11-10-25-21(29)16-8-9-18(23)19(24)12-16/h3-9,12-13H,2,10-11,14H2,1H3,(H,25,29)(H,26,30). The predicted molar refractivity (Wildman–Crippen MR) is 118 cm³/mol. The van der Waals surface area contributed by atoms with Gasteiger partial charge in [0.2, 0.25) is 0 Å². The fourth-order valence-corrected chi connectivity index (χ4v) is 3.35. The molecule has 156 valence electrons. The summed E-state index contributed by atoms with van der Waals surface area (Å²) in [6, 6.07) is 14.6. The van der Waals surface area contributed by atoms with Gasteiger partial charge in [-0.25, -0.2) is 0 Å². The molecule has 0 aliphatic rings. The third kappa shape index (κ3) is 5.40. The first-order valence-corrected chi connectivity index (χ1v) is 10.3.